The van der Waals surface area contributed by atoms with Crippen LogP contribution in [0.15, 0.2) is 23.3 Å². The second kappa shape index (κ2) is 9.08. The van der Waals surface area contributed by atoms with E-state index >= 15 is 0 Å². The van der Waals surface area contributed by atoms with E-state index in [1.807, 2.05) is 11.9 Å². The Hall–Kier alpha value is -2.57. The maximum Gasteiger partial charge on any atom is 0.261 e. The van der Waals surface area contributed by atoms with Crippen molar-refractivity contribution in [2.75, 3.05) is 27.8 Å². The predicted molar refractivity (Wildman–Crippen MR) is 108 cm³/mol. The highest BCUT2D eigenvalue weighted by molar-refractivity contribution is 5.81. The van der Waals surface area contributed by atoms with Crippen LogP contribution < -0.4 is 15.0 Å². The van der Waals surface area contributed by atoms with Crippen molar-refractivity contribution in [2.24, 2.45) is 5.92 Å². The quantitative estimate of drug-likeness (QED) is 0.696. The number of hydrogen-bond donors (Lipinski definition) is 0. The smallest absolute Gasteiger partial charge is 0.261 e. The van der Waals surface area contributed by atoms with Gasteiger partial charge in [0.05, 0.1) is 31.4 Å². The molecule has 1 saturated carbocycles. The molecule has 1 heterocycles. The normalized spacial score (nSPS) is 14.4. The molecule has 2 aromatic rings. The average Bonchev–Trinajstić information content (AvgIpc) is 3.21. The molecule has 1 aliphatic rings. The maximum atomic E-state index is 12.8. The molecule has 7 heteroatoms. The minimum absolute atomic E-state index is 0.139. The summed E-state index contributed by atoms with van der Waals surface area (Å²) in [4.78, 5) is 31.3. The number of aromatic nitrogens is 2. The number of benzene rings is 1. The second-order valence-corrected chi connectivity index (χ2v) is 7.50. The van der Waals surface area contributed by atoms with Crippen LogP contribution in [-0.4, -0.2) is 48.2 Å². The van der Waals surface area contributed by atoms with Gasteiger partial charge in [-0.05, 0) is 31.2 Å². The fraction of sp³-hybridized carbons (Fsp3) is 0.571. The molecule has 0 spiro atoms. The van der Waals surface area contributed by atoms with Gasteiger partial charge < -0.3 is 14.4 Å². The zero-order chi connectivity index (χ0) is 20.1. The Kier molecular flexibility index (Phi) is 6.54. The van der Waals surface area contributed by atoms with E-state index in [0.29, 0.717) is 47.7 Å². The Bertz CT molecular complexity index is 887. The third-order valence-corrected chi connectivity index (χ3v) is 5.55. The van der Waals surface area contributed by atoms with Gasteiger partial charge in [0.25, 0.3) is 5.56 Å². The van der Waals surface area contributed by atoms with Gasteiger partial charge in [-0.1, -0.05) is 12.8 Å². The summed E-state index contributed by atoms with van der Waals surface area (Å²) in [6.45, 7) is 1.30. The van der Waals surface area contributed by atoms with E-state index in [9.17, 15) is 9.59 Å². The Morgan fingerprint density at radius 3 is 2.57 bits per heavy atom. The molecule has 0 N–H and O–H groups in total. The molecule has 0 unspecified atom stereocenters. The van der Waals surface area contributed by atoms with Crippen LogP contribution in [0, 0.1) is 5.92 Å². The molecule has 0 saturated heterocycles. The summed E-state index contributed by atoms with van der Waals surface area (Å²) in [5.41, 5.74) is 0.420. The van der Waals surface area contributed by atoms with Crippen LogP contribution in [-0.2, 0) is 11.3 Å². The molecule has 152 valence electrons. The zero-order valence-electron chi connectivity index (χ0n) is 16.9. The van der Waals surface area contributed by atoms with Crippen LogP contribution in [0.3, 0.4) is 0 Å². The van der Waals surface area contributed by atoms with E-state index in [-0.39, 0.29) is 11.5 Å². The van der Waals surface area contributed by atoms with Gasteiger partial charge in [0.1, 0.15) is 0 Å². The number of amides is 1. The largest absolute Gasteiger partial charge is 0.493 e. The van der Waals surface area contributed by atoms with Gasteiger partial charge >= 0.3 is 0 Å². The third-order valence-electron chi connectivity index (χ3n) is 5.55. The van der Waals surface area contributed by atoms with E-state index in [0.717, 1.165) is 6.54 Å². The van der Waals surface area contributed by atoms with Crippen LogP contribution in [0.2, 0.25) is 0 Å². The lowest BCUT2D eigenvalue weighted by molar-refractivity contribution is -0.130. The average molecular weight is 387 g/mol. The molecule has 1 aromatic carbocycles. The van der Waals surface area contributed by atoms with E-state index in [2.05, 4.69) is 4.98 Å². The summed E-state index contributed by atoms with van der Waals surface area (Å²) in [5, 5.41) is 0.477. The van der Waals surface area contributed by atoms with Gasteiger partial charge in [0, 0.05) is 32.6 Å². The minimum Gasteiger partial charge on any atom is -0.493 e. The first kappa shape index (κ1) is 20.2. The number of methoxy groups -OCH3 is 2. The molecular formula is C21H29N3O4. The topological polar surface area (TPSA) is 73.7 Å². The molecule has 3 rings (SSSR count). The highest BCUT2D eigenvalue weighted by Crippen LogP contribution is 2.29. The van der Waals surface area contributed by atoms with Gasteiger partial charge in [-0.2, -0.15) is 0 Å². The monoisotopic (exact) mass is 387 g/mol. The Labute approximate surface area is 165 Å². The second-order valence-electron chi connectivity index (χ2n) is 7.50. The summed E-state index contributed by atoms with van der Waals surface area (Å²) in [6.07, 6.45) is 7.58. The summed E-state index contributed by atoms with van der Waals surface area (Å²) >= 11 is 0. The van der Waals surface area contributed by atoms with Crippen molar-refractivity contribution in [3.63, 3.8) is 0 Å². The Morgan fingerprint density at radius 1 is 1.21 bits per heavy atom. The standard InChI is InChI=1S/C21H29N3O4/c1-23(13-15-7-4-5-8-15)20(25)9-6-10-24-14-22-17-12-19(28-3)18(27-2)11-16(17)21(24)26/h11-12,14-15H,4-10,13H2,1-3H3. The number of nitrogens with zero attached hydrogens (tertiary/aromatic N) is 3. The first-order valence-electron chi connectivity index (χ1n) is 9.88. The summed E-state index contributed by atoms with van der Waals surface area (Å²) in [7, 11) is 4.96. The van der Waals surface area contributed by atoms with Crippen LogP contribution in [0.4, 0.5) is 0 Å². The summed E-state index contributed by atoms with van der Waals surface area (Å²) in [5.74, 6) is 1.82. The number of aryl methyl sites for hydroxylation is 1. The van der Waals surface area contributed by atoms with Crippen LogP contribution >= 0.6 is 0 Å². The van der Waals surface area contributed by atoms with Crippen LogP contribution in [0.5, 0.6) is 11.5 Å². The van der Waals surface area contributed by atoms with Crippen LogP contribution in [0.25, 0.3) is 10.9 Å². The van der Waals surface area contributed by atoms with Gasteiger partial charge in [0.15, 0.2) is 11.5 Å². The third kappa shape index (κ3) is 4.46. The lowest BCUT2D eigenvalue weighted by Gasteiger charge is -2.21. The van der Waals surface area contributed by atoms with Crippen molar-refractivity contribution in [1.29, 1.82) is 0 Å². The van der Waals surface area contributed by atoms with Gasteiger partial charge in [-0.3, -0.25) is 14.2 Å². The molecule has 7 nitrogen and oxygen atoms in total. The molecule has 1 fully saturated rings. The first-order valence-corrected chi connectivity index (χ1v) is 9.88. The number of ether oxygens (including phenoxy) is 2. The van der Waals surface area contributed by atoms with Crippen molar-refractivity contribution in [2.45, 2.75) is 45.1 Å². The Balaban J connectivity index is 1.63. The lowest BCUT2D eigenvalue weighted by atomic mass is 10.1. The van der Waals surface area contributed by atoms with Crippen molar-refractivity contribution < 1.29 is 14.3 Å². The fourth-order valence-corrected chi connectivity index (χ4v) is 3.92. The summed E-state index contributed by atoms with van der Waals surface area (Å²) in [6, 6.07) is 3.35. The molecule has 28 heavy (non-hydrogen) atoms. The predicted octanol–water partition coefficient (Wildman–Crippen LogP) is 2.84. The number of fused-ring (bicyclic) bond motifs is 1. The summed E-state index contributed by atoms with van der Waals surface area (Å²) < 4.78 is 12.1. The molecule has 0 aliphatic heterocycles. The van der Waals surface area contributed by atoms with E-state index in [1.165, 1.54) is 39.1 Å². The first-order chi connectivity index (χ1) is 13.5. The van der Waals surface area contributed by atoms with Gasteiger partial charge in [0.2, 0.25) is 5.91 Å². The van der Waals surface area contributed by atoms with Gasteiger partial charge in [-0.15, -0.1) is 0 Å². The zero-order valence-corrected chi connectivity index (χ0v) is 16.9. The van der Waals surface area contributed by atoms with Crippen LogP contribution in [0.1, 0.15) is 38.5 Å². The fourth-order valence-electron chi connectivity index (χ4n) is 3.92. The van der Waals surface area contributed by atoms with E-state index in [4.69, 9.17) is 9.47 Å². The maximum absolute atomic E-state index is 12.8. The molecular weight excluding hydrogens is 358 g/mol. The van der Waals surface area contributed by atoms with E-state index in [1.54, 1.807) is 23.8 Å². The molecule has 0 atom stereocenters. The highest BCUT2D eigenvalue weighted by atomic mass is 16.5. The Morgan fingerprint density at radius 2 is 1.89 bits per heavy atom. The lowest BCUT2D eigenvalue weighted by Crippen LogP contribution is -2.31. The number of hydrogen-bond acceptors (Lipinski definition) is 5. The van der Waals surface area contributed by atoms with Crippen molar-refractivity contribution in [3.05, 3.63) is 28.8 Å². The van der Waals surface area contributed by atoms with Crippen molar-refractivity contribution in [1.82, 2.24) is 14.5 Å². The number of carbonyl (C=O) groups excluding carboxylic acids is 1. The number of rotatable bonds is 8. The van der Waals surface area contributed by atoms with E-state index < -0.39 is 0 Å². The molecule has 1 aliphatic carbocycles. The highest BCUT2D eigenvalue weighted by Gasteiger charge is 2.19. The van der Waals surface area contributed by atoms with Crippen molar-refractivity contribution >= 4 is 16.8 Å². The SMILES string of the molecule is COc1cc2ncn(CCCC(=O)N(C)CC3CCCC3)c(=O)c2cc1OC. The minimum atomic E-state index is -0.141. The molecule has 1 aromatic heterocycles. The molecule has 1 amide bonds. The molecule has 0 bridgehead atoms. The van der Waals surface area contributed by atoms with Gasteiger partial charge in [-0.25, -0.2) is 4.98 Å². The number of carbonyl (C=O) groups is 1. The molecule has 0 radical (unpaired) electrons. The van der Waals surface area contributed by atoms with Crippen molar-refractivity contribution in [3.8, 4) is 11.5 Å².